The first-order chi connectivity index (χ1) is 9.15. The van der Waals surface area contributed by atoms with Crippen molar-refractivity contribution in [1.82, 2.24) is 4.98 Å². The largest absolute Gasteiger partial charge is 0.292 e. The molecule has 0 amide bonds. The monoisotopic (exact) mass is 274 g/mol. The number of Topliss-reactive ketones (excluding diaryl/α,β-unsaturated/α-hetero) is 1. The molecular formula is C14H8ClFN2O. The van der Waals surface area contributed by atoms with Crippen molar-refractivity contribution in [3.63, 3.8) is 0 Å². The Morgan fingerprint density at radius 3 is 2.58 bits per heavy atom. The minimum absolute atomic E-state index is 0.0638. The van der Waals surface area contributed by atoms with Crippen molar-refractivity contribution in [3.8, 4) is 6.07 Å². The van der Waals surface area contributed by atoms with Crippen LogP contribution in [0.25, 0.3) is 0 Å². The lowest BCUT2D eigenvalue weighted by Crippen LogP contribution is -2.13. The molecule has 1 atom stereocenters. The number of halogens is 2. The molecule has 3 nitrogen and oxygen atoms in total. The second kappa shape index (κ2) is 5.59. The summed E-state index contributed by atoms with van der Waals surface area (Å²) in [6.45, 7) is 0. The van der Waals surface area contributed by atoms with Crippen molar-refractivity contribution in [2.24, 2.45) is 0 Å². The highest BCUT2D eigenvalue weighted by molar-refractivity contribution is 6.31. The highest BCUT2D eigenvalue weighted by atomic mass is 35.5. The summed E-state index contributed by atoms with van der Waals surface area (Å²) >= 11 is 5.88. The number of benzene rings is 1. The summed E-state index contributed by atoms with van der Waals surface area (Å²) in [5.41, 5.74) is 0.203. The normalized spacial score (nSPS) is 11.6. The maximum absolute atomic E-state index is 13.8. The van der Waals surface area contributed by atoms with Crippen LogP contribution < -0.4 is 0 Å². The van der Waals surface area contributed by atoms with Crippen LogP contribution >= 0.6 is 11.6 Å². The Bertz CT molecular complexity index is 632. The van der Waals surface area contributed by atoms with Gasteiger partial charge in [0.15, 0.2) is 5.78 Å². The van der Waals surface area contributed by atoms with Gasteiger partial charge in [0.1, 0.15) is 11.7 Å². The molecule has 5 heteroatoms. The molecule has 94 valence electrons. The Kier molecular flexibility index (Phi) is 3.88. The third-order valence-corrected chi connectivity index (χ3v) is 2.97. The van der Waals surface area contributed by atoms with Crippen LogP contribution in [0.1, 0.15) is 21.8 Å². The Balaban J connectivity index is 2.47. The summed E-state index contributed by atoms with van der Waals surface area (Å²) in [7, 11) is 0. The minimum atomic E-state index is -1.27. The number of hydrogen-bond donors (Lipinski definition) is 0. The van der Waals surface area contributed by atoms with Gasteiger partial charge in [-0.25, -0.2) is 4.39 Å². The fraction of sp³-hybridized carbons (Fsp3) is 0.0714. The first-order valence-electron chi connectivity index (χ1n) is 5.43. The smallest absolute Gasteiger partial charge is 0.184 e. The molecular weight excluding hydrogens is 267 g/mol. The van der Waals surface area contributed by atoms with Crippen molar-refractivity contribution in [2.75, 3.05) is 0 Å². The van der Waals surface area contributed by atoms with E-state index in [0.717, 1.165) is 0 Å². The molecule has 2 rings (SSSR count). The lowest BCUT2D eigenvalue weighted by molar-refractivity contribution is 0.0977. The van der Waals surface area contributed by atoms with E-state index < -0.39 is 17.5 Å². The zero-order valence-electron chi connectivity index (χ0n) is 9.68. The topological polar surface area (TPSA) is 53.8 Å². The highest BCUT2D eigenvalue weighted by Gasteiger charge is 2.26. The third-order valence-electron chi connectivity index (χ3n) is 2.64. The zero-order valence-corrected chi connectivity index (χ0v) is 10.4. The van der Waals surface area contributed by atoms with Gasteiger partial charge >= 0.3 is 0 Å². The Hall–Kier alpha value is -2.25. The van der Waals surface area contributed by atoms with Crippen LogP contribution in [0.4, 0.5) is 4.39 Å². The molecule has 19 heavy (non-hydrogen) atoms. The molecule has 0 aliphatic carbocycles. The number of rotatable bonds is 3. The molecule has 0 saturated heterocycles. The van der Waals surface area contributed by atoms with Gasteiger partial charge < -0.3 is 0 Å². The molecule has 2 aromatic rings. The van der Waals surface area contributed by atoms with Gasteiger partial charge in [-0.1, -0.05) is 17.7 Å². The Morgan fingerprint density at radius 2 is 2.00 bits per heavy atom. The van der Waals surface area contributed by atoms with Crippen LogP contribution in [-0.4, -0.2) is 10.8 Å². The summed E-state index contributed by atoms with van der Waals surface area (Å²) in [5.74, 6) is -2.44. The molecule has 0 fully saturated rings. The molecule has 1 aromatic heterocycles. The second-order valence-corrected chi connectivity index (χ2v) is 4.20. The Morgan fingerprint density at radius 1 is 1.32 bits per heavy atom. The van der Waals surface area contributed by atoms with Gasteiger partial charge in [-0.2, -0.15) is 5.26 Å². The van der Waals surface area contributed by atoms with Gasteiger partial charge in [0, 0.05) is 28.5 Å². The molecule has 0 saturated carbocycles. The maximum Gasteiger partial charge on any atom is 0.184 e. The summed E-state index contributed by atoms with van der Waals surface area (Å²) in [4.78, 5) is 16.0. The number of ketones is 1. The molecule has 0 bridgehead atoms. The van der Waals surface area contributed by atoms with Crippen LogP contribution in [0.5, 0.6) is 0 Å². The number of carbonyl (C=O) groups is 1. The van der Waals surface area contributed by atoms with E-state index in [-0.39, 0.29) is 10.6 Å². The van der Waals surface area contributed by atoms with Gasteiger partial charge in [-0.15, -0.1) is 0 Å². The van der Waals surface area contributed by atoms with Crippen molar-refractivity contribution in [3.05, 3.63) is 64.7 Å². The van der Waals surface area contributed by atoms with Crippen LogP contribution in [-0.2, 0) is 0 Å². The first kappa shape index (κ1) is 13.2. The van der Waals surface area contributed by atoms with E-state index in [1.54, 1.807) is 6.07 Å². The third kappa shape index (κ3) is 2.61. The summed E-state index contributed by atoms with van der Waals surface area (Å²) < 4.78 is 13.8. The predicted molar refractivity (Wildman–Crippen MR) is 68.3 cm³/mol. The summed E-state index contributed by atoms with van der Waals surface area (Å²) in [6, 6.07) is 8.79. The van der Waals surface area contributed by atoms with Gasteiger partial charge in [0.25, 0.3) is 0 Å². The van der Waals surface area contributed by atoms with E-state index in [1.807, 2.05) is 0 Å². The number of carbonyl (C=O) groups excluding carboxylic acids is 1. The van der Waals surface area contributed by atoms with E-state index in [9.17, 15) is 9.18 Å². The molecule has 1 unspecified atom stereocenters. The standard InChI is InChI=1S/C14H8ClFN2O/c15-11-2-1-3-12(16)13(11)10(8-17)14(19)9-4-6-18-7-5-9/h1-7,10H. The SMILES string of the molecule is N#CC(C(=O)c1ccncc1)c1c(F)cccc1Cl. The van der Waals surface area contributed by atoms with E-state index in [1.165, 1.54) is 42.7 Å². The fourth-order valence-corrected chi connectivity index (χ4v) is 2.00. The number of hydrogen-bond acceptors (Lipinski definition) is 3. The molecule has 0 aliphatic heterocycles. The minimum Gasteiger partial charge on any atom is -0.292 e. The molecule has 0 N–H and O–H groups in total. The summed E-state index contributed by atoms with van der Waals surface area (Å²) in [6.07, 6.45) is 2.87. The fourth-order valence-electron chi connectivity index (χ4n) is 1.72. The number of nitriles is 1. The summed E-state index contributed by atoms with van der Waals surface area (Å²) in [5, 5.41) is 9.21. The van der Waals surface area contributed by atoms with Gasteiger partial charge in [0.2, 0.25) is 0 Å². The molecule has 0 spiro atoms. The van der Waals surface area contributed by atoms with Crippen molar-refractivity contribution in [1.29, 1.82) is 5.26 Å². The average Bonchev–Trinajstić information content (AvgIpc) is 2.43. The van der Waals surface area contributed by atoms with Crippen LogP contribution in [0.3, 0.4) is 0 Å². The first-order valence-corrected chi connectivity index (χ1v) is 5.80. The van der Waals surface area contributed by atoms with E-state index in [0.29, 0.717) is 5.56 Å². The lowest BCUT2D eigenvalue weighted by atomic mass is 9.92. The van der Waals surface area contributed by atoms with Crippen molar-refractivity contribution >= 4 is 17.4 Å². The van der Waals surface area contributed by atoms with E-state index in [4.69, 9.17) is 16.9 Å². The van der Waals surface area contributed by atoms with Crippen LogP contribution in [0, 0.1) is 17.1 Å². The molecule has 0 radical (unpaired) electrons. The highest BCUT2D eigenvalue weighted by Crippen LogP contribution is 2.29. The molecule has 1 aromatic carbocycles. The Labute approximate surface area is 114 Å². The van der Waals surface area contributed by atoms with E-state index in [2.05, 4.69) is 4.98 Å². The average molecular weight is 275 g/mol. The van der Waals surface area contributed by atoms with Crippen LogP contribution in [0.15, 0.2) is 42.7 Å². The van der Waals surface area contributed by atoms with Crippen LogP contribution in [0.2, 0.25) is 5.02 Å². The van der Waals surface area contributed by atoms with Gasteiger partial charge in [0.05, 0.1) is 6.07 Å². The maximum atomic E-state index is 13.8. The van der Waals surface area contributed by atoms with E-state index >= 15 is 0 Å². The number of aromatic nitrogens is 1. The molecule has 1 heterocycles. The quantitative estimate of drug-likeness (QED) is 0.807. The zero-order chi connectivity index (χ0) is 13.8. The number of nitrogens with zero attached hydrogens (tertiary/aromatic N) is 2. The van der Waals surface area contributed by atoms with Gasteiger partial charge in [-0.3, -0.25) is 9.78 Å². The lowest BCUT2D eigenvalue weighted by Gasteiger charge is -2.11. The molecule has 0 aliphatic rings. The second-order valence-electron chi connectivity index (χ2n) is 3.80. The van der Waals surface area contributed by atoms with Crippen molar-refractivity contribution in [2.45, 2.75) is 5.92 Å². The van der Waals surface area contributed by atoms with Crippen molar-refractivity contribution < 1.29 is 9.18 Å². The number of pyridine rings is 1. The van der Waals surface area contributed by atoms with Gasteiger partial charge in [-0.05, 0) is 24.3 Å². The predicted octanol–water partition coefficient (Wildman–Crippen LogP) is 3.36.